The molecule has 1 N–H and O–H groups in total. The van der Waals surface area contributed by atoms with Crippen LogP contribution < -0.4 is 5.32 Å². The van der Waals surface area contributed by atoms with Crippen LogP contribution in [0.5, 0.6) is 0 Å². The molecule has 0 spiro atoms. The standard InChI is InChI=1S/C14H15F3N2O/c1-9-7-11(20-19-9)8-18-10(2)12-5-3-4-6-13(12)14(15,16)17/h3-7,10,18H,8H2,1-2H3. The summed E-state index contributed by atoms with van der Waals surface area (Å²) in [7, 11) is 0. The Labute approximate surface area is 114 Å². The van der Waals surface area contributed by atoms with Crippen LogP contribution in [0.1, 0.15) is 35.5 Å². The molecule has 1 unspecified atom stereocenters. The average molecular weight is 284 g/mol. The molecule has 0 amide bonds. The quantitative estimate of drug-likeness (QED) is 0.926. The number of aryl methyl sites for hydroxylation is 1. The van der Waals surface area contributed by atoms with Crippen LogP contribution in [-0.4, -0.2) is 5.16 Å². The molecule has 0 aliphatic carbocycles. The van der Waals surface area contributed by atoms with E-state index in [0.29, 0.717) is 12.3 Å². The van der Waals surface area contributed by atoms with Gasteiger partial charge in [-0.25, -0.2) is 0 Å². The van der Waals surface area contributed by atoms with Crippen LogP contribution in [-0.2, 0) is 12.7 Å². The minimum absolute atomic E-state index is 0.219. The summed E-state index contributed by atoms with van der Waals surface area (Å²) in [5, 5.41) is 6.74. The average Bonchev–Trinajstić information content (AvgIpc) is 2.81. The van der Waals surface area contributed by atoms with Gasteiger partial charge in [0.15, 0.2) is 5.76 Å². The number of halogens is 3. The molecule has 1 heterocycles. The lowest BCUT2D eigenvalue weighted by Gasteiger charge is -2.18. The van der Waals surface area contributed by atoms with Crippen molar-refractivity contribution in [2.45, 2.75) is 32.6 Å². The lowest BCUT2D eigenvalue weighted by Crippen LogP contribution is -2.21. The van der Waals surface area contributed by atoms with Crippen molar-refractivity contribution in [1.82, 2.24) is 10.5 Å². The van der Waals surface area contributed by atoms with E-state index in [-0.39, 0.29) is 5.56 Å². The SMILES string of the molecule is Cc1cc(CNC(C)c2ccccc2C(F)(F)F)on1. The van der Waals surface area contributed by atoms with Gasteiger partial charge in [0, 0.05) is 12.1 Å². The zero-order valence-corrected chi connectivity index (χ0v) is 11.2. The first-order valence-electron chi connectivity index (χ1n) is 6.19. The predicted octanol–water partition coefficient (Wildman–Crippen LogP) is 3.85. The van der Waals surface area contributed by atoms with Crippen molar-refractivity contribution in [3.63, 3.8) is 0 Å². The van der Waals surface area contributed by atoms with Crippen LogP contribution in [0.2, 0.25) is 0 Å². The molecule has 0 aliphatic rings. The molecule has 0 fully saturated rings. The first-order valence-corrected chi connectivity index (χ1v) is 6.19. The second kappa shape index (κ2) is 5.66. The Bertz CT molecular complexity index is 578. The largest absolute Gasteiger partial charge is 0.416 e. The molecule has 1 aromatic carbocycles. The summed E-state index contributed by atoms with van der Waals surface area (Å²) < 4.78 is 43.8. The lowest BCUT2D eigenvalue weighted by molar-refractivity contribution is -0.138. The Morgan fingerprint density at radius 3 is 2.60 bits per heavy atom. The topological polar surface area (TPSA) is 38.1 Å². The molecule has 20 heavy (non-hydrogen) atoms. The van der Waals surface area contributed by atoms with Gasteiger partial charge in [0.2, 0.25) is 0 Å². The molecule has 0 aliphatic heterocycles. The van der Waals surface area contributed by atoms with E-state index in [2.05, 4.69) is 10.5 Å². The Balaban J connectivity index is 2.11. The maximum atomic E-state index is 12.9. The molecule has 0 saturated heterocycles. The van der Waals surface area contributed by atoms with Crippen molar-refractivity contribution in [1.29, 1.82) is 0 Å². The minimum Gasteiger partial charge on any atom is -0.360 e. The van der Waals surface area contributed by atoms with Crippen LogP contribution in [0.25, 0.3) is 0 Å². The Morgan fingerprint density at radius 2 is 2.00 bits per heavy atom. The van der Waals surface area contributed by atoms with Crippen LogP contribution in [0.4, 0.5) is 13.2 Å². The zero-order valence-electron chi connectivity index (χ0n) is 11.2. The first kappa shape index (κ1) is 14.6. The second-order valence-electron chi connectivity index (χ2n) is 4.62. The number of alkyl halides is 3. The number of nitrogens with one attached hydrogen (secondary N) is 1. The molecular formula is C14H15F3N2O. The summed E-state index contributed by atoms with van der Waals surface area (Å²) in [6.45, 7) is 3.80. The van der Waals surface area contributed by atoms with Gasteiger partial charge in [-0.15, -0.1) is 0 Å². The maximum Gasteiger partial charge on any atom is 0.416 e. The van der Waals surface area contributed by atoms with Gasteiger partial charge in [0.25, 0.3) is 0 Å². The van der Waals surface area contributed by atoms with Gasteiger partial charge in [0.1, 0.15) is 0 Å². The van der Waals surface area contributed by atoms with Crippen LogP contribution in [0.3, 0.4) is 0 Å². The van der Waals surface area contributed by atoms with Gasteiger partial charge >= 0.3 is 6.18 Å². The number of rotatable bonds is 4. The fourth-order valence-corrected chi connectivity index (χ4v) is 2.00. The minimum atomic E-state index is -4.35. The van der Waals surface area contributed by atoms with E-state index >= 15 is 0 Å². The summed E-state index contributed by atoms with van der Waals surface area (Å²) in [6.07, 6.45) is -4.35. The van der Waals surface area contributed by atoms with E-state index in [1.165, 1.54) is 12.1 Å². The smallest absolute Gasteiger partial charge is 0.360 e. The zero-order chi connectivity index (χ0) is 14.8. The molecule has 2 aromatic rings. The highest BCUT2D eigenvalue weighted by Gasteiger charge is 2.34. The number of benzene rings is 1. The first-order chi connectivity index (χ1) is 9.38. The van der Waals surface area contributed by atoms with Gasteiger partial charge in [0.05, 0.1) is 17.8 Å². The number of hydrogen-bond acceptors (Lipinski definition) is 3. The van der Waals surface area contributed by atoms with E-state index in [1.54, 1.807) is 26.0 Å². The van der Waals surface area contributed by atoms with E-state index in [1.807, 2.05) is 0 Å². The third-order valence-corrected chi connectivity index (χ3v) is 2.99. The van der Waals surface area contributed by atoms with Crippen molar-refractivity contribution in [3.8, 4) is 0 Å². The highest BCUT2D eigenvalue weighted by molar-refractivity contribution is 5.32. The molecule has 6 heteroatoms. The summed E-state index contributed by atoms with van der Waals surface area (Å²) in [5.74, 6) is 0.596. The second-order valence-corrected chi connectivity index (χ2v) is 4.62. The Hall–Kier alpha value is -1.82. The molecule has 3 nitrogen and oxygen atoms in total. The highest BCUT2D eigenvalue weighted by atomic mass is 19.4. The van der Waals surface area contributed by atoms with Gasteiger partial charge < -0.3 is 9.84 Å². The molecule has 2 rings (SSSR count). The third kappa shape index (κ3) is 3.39. The highest BCUT2D eigenvalue weighted by Crippen LogP contribution is 2.34. The molecule has 0 saturated carbocycles. The molecule has 0 bridgehead atoms. The van der Waals surface area contributed by atoms with Crippen LogP contribution in [0.15, 0.2) is 34.9 Å². The normalized spacial score (nSPS) is 13.4. The summed E-state index contributed by atoms with van der Waals surface area (Å²) in [6, 6.07) is 6.85. The van der Waals surface area contributed by atoms with Crippen molar-refractivity contribution in [2.75, 3.05) is 0 Å². The van der Waals surface area contributed by atoms with Crippen molar-refractivity contribution in [2.24, 2.45) is 0 Å². The maximum absolute atomic E-state index is 12.9. The molecule has 108 valence electrons. The Morgan fingerprint density at radius 1 is 1.30 bits per heavy atom. The van der Waals surface area contributed by atoms with Crippen LogP contribution >= 0.6 is 0 Å². The fourth-order valence-electron chi connectivity index (χ4n) is 2.00. The van der Waals surface area contributed by atoms with Crippen molar-refractivity contribution >= 4 is 0 Å². The van der Waals surface area contributed by atoms with Gasteiger partial charge in [-0.05, 0) is 25.5 Å². The van der Waals surface area contributed by atoms with Gasteiger partial charge in [-0.2, -0.15) is 13.2 Å². The number of hydrogen-bond donors (Lipinski definition) is 1. The molecule has 1 atom stereocenters. The van der Waals surface area contributed by atoms with E-state index in [9.17, 15) is 13.2 Å². The summed E-state index contributed by atoms with van der Waals surface area (Å²) in [5.41, 5.74) is 0.343. The third-order valence-electron chi connectivity index (χ3n) is 2.99. The monoisotopic (exact) mass is 284 g/mol. The summed E-state index contributed by atoms with van der Waals surface area (Å²) >= 11 is 0. The fraction of sp³-hybridized carbons (Fsp3) is 0.357. The lowest BCUT2D eigenvalue weighted by atomic mass is 10.0. The number of nitrogens with zero attached hydrogens (tertiary/aromatic N) is 1. The van der Waals surface area contributed by atoms with Crippen molar-refractivity contribution < 1.29 is 17.7 Å². The van der Waals surface area contributed by atoms with Crippen LogP contribution in [0, 0.1) is 6.92 Å². The van der Waals surface area contributed by atoms with Gasteiger partial charge in [-0.1, -0.05) is 23.4 Å². The number of aromatic nitrogens is 1. The van der Waals surface area contributed by atoms with E-state index in [4.69, 9.17) is 4.52 Å². The van der Waals surface area contributed by atoms with Crippen molar-refractivity contribution in [3.05, 3.63) is 52.9 Å². The van der Waals surface area contributed by atoms with Gasteiger partial charge in [-0.3, -0.25) is 0 Å². The predicted molar refractivity (Wildman–Crippen MR) is 67.9 cm³/mol. The Kier molecular flexibility index (Phi) is 4.13. The molecular weight excluding hydrogens is 269 g/mol. The summed E-state index contributed by atoms with van der Waals surface area (Å²) in [4.78, 5) is 0. The van der Waals surface area contributed by atoms with E-state index in [0.717, 1.165) is 11.8 Å². The molecule has 0 radical (unpaired) electrons. The van der Waals surface area contributed by atoms with E-state index < -0.39 is 17.8 Å². The molecule has 1 aromatic heterocycles.